The van der Waals surface area contributed by atoms with Gasteiger partial charge in [-0.25, -0.2) is 4.79 Å². The number of hydrogen-bond donors (Lipinski definition) is 2. The lowest BCUT2D eigenvalue weighted by Crippen LogP contribution is -2.40. The monoisotopic (exact) mass is 474 g/mol. The lowest BCUT2D eigenvalue weighted by molar-refractivity contribution is -0.164. The second-order valence-electron chi connectivity index (χ2n) is 9.04. The van der Waals surface area contributed by atoms with Crippen LogP contribution in [0.4, 0.5) is 0 Å². The fourth-order valence-electron chi connectivity index (χ4n) is 4.52. The van der Waals surface area contributed by atoms with E-state index in [0.29, 0.717) is 30.0 Å². The van der Waals surface area contributed by atoms with Gasteiger partial charge in [0.05, 0.1) is 6.61 Å². The summed E-state index contributed by atoms with van der Waals surface area (Å²) < 4.78 is 11.4. The van der Waals surface area contributed by atoms with Crippen LogP contribution in [0.5, 0.6) is 5.75 Å². The summed E-state index contributed by atoms with van der Waals surface area (Å²) in [6, 6.07) is 26.3. The first-order valence-corrected chi connectivity index (χ1v) is 12.2. The number of benzene rings is 3. The van der Waals surface area contributed by atoms with Crippen molar-refractivity contribution in [3.05, 3.63) is 102 Å². The molecule has 3 aromatic rings. The van der Waals surface area contributed by atoms with E-state index in [9.17, 15) is 9.90 Å². The molecule has 1 aliphatic heterocycles. The highest BCUT2D eigenvalue weighted by atomic mass is 16.5. The van der Waals surface area contributed by atoms with Crippen LogP contribution in [-0.2, 0) is 21.7 Å². The molecule has 0 aromatic heterocycles. The summed E-state index contributed by atoms with van der Waals surface area (Å²) in [6.45, 7) is 3.86. The number of likely N-dealkylation sites (tertiary alicyclic amines) is 1. The minimum Gasteiger partial charge on any atom is -0.492 e. The predicted octanol–water partition coefficient (Wildman–Crippen LogP) is 3.72. The smallest absolute Gasteiger partial charge is 0.347 e. The number of carbonyl (C=O) groups is 1. The quantitative estimate of drug-likeness (QED) is 0.436. The maximum absolute atomic E-state index is 13.4. The van der Waals surface area contributed by atoms with Crippen molar-refractivity contribution in [2.45, 2.75) is 25.0 Å². The van der Waals surface area contributed by atoms with Gasteiger partial charge < -0.3 is 20.3 Å². The average molecular weight is 475 g/mol. The molecule has 3 aromatic carbocycles. The third kappa shape index (κ3) is 6.28. The van der Waals surface area contributed by atoms with E-state index in [4.69, 9.17) is 15.2 Å². The fourth-order valence-corrected chi connectivity index (χ4v) is 4.52. The molecule has 1 atom stereocenters. The van der Waals surface area contributed by atoms with Crippen LogP contribution >= 0.6 is 0 Å². The fraction of sp³-hybridized carbons (Fsp3) is 0.345. The van der Waals surface area contributed by atoms with Crippen molar-refractivity contribution in [2.75, 3.05) is 32.8 Å². The van der Waals surface area contributed by atoms with Gasteiger partial charge in [0.25, 0.3) is 0 Å². The molecule has 1 heterocycles. The first kappa shape index (κ1) is 24.9. The number of nitrogens with zero attached hydrogens (tertiary/aromatic N) is 1. The number of carbonyl (C=O) groups excluding carboxylic acids is 1. The molecule has 0 aliphatic carbocycles. The molecular weight excluding hydrogens is 440 g/mol. The molecule has 1 fully saturated rings. The third-order valence-electron chi connectivity index (χ3n) is 6.53. The molecule has 0 spiro atoms. The van der Waals surface area contributed by atoms with Gasteiger partial charge in [-0.15, -0.1) is 0 Å². The molecule has 35 heavy (non-hydrogen) atoms. The highest BCUT2D eigenvalue weighted by Gasteiger charge is 2.42. The van der Waals surface area contributed by atoms with Crippen LogP contribution in [-0.4, -0.2) is 48.8 Å². The Morgan fingerprint density at radius 3 is 2.29 bits per heavy atom. The normalized spacial score (nSPS) is 16.4. The molecule has 0 saturated carbocycles. The van der Waals surface area contributed by atoms with Gasteiger partial charge in [0.2, 0.25) is 5.60 Å². The molecule has 4 rings (SSSR count). The Hall–Kier alpha value is -3.19. The zero-order valence-corrected chi connectivity index (χ0v) is 20.0. The van der Waals surface area contributed by atoms with Gasteiger partial charge in [0, 0.05) is 18.7 Å². The average Bonchev–Trinajstić information content (AvgIpc) is 2.92. The molecule has 184 valence electrons. The Morgan fingerprint density at radius 2 is 1.60 bits per heavy atom. The summed E-state index contributed by atoms with van der Waals surface area (Å²) in [7, 11) is 0. The Morgan fingerprint density at radius 1 is 0.943 bits per heavy atom. The van der Waals surface area contributed by atoms with Gasteiger partial charge >= 0.3 is 5.97 Å². The molecule has 0 amide bonds. The molecule has 0 unspecified atom stereocenters. The lowest BCUT2D eigenvalue weighted by atomic mass is 9.86. The standard InChI is InChI=1S/C29H34N2O4/c30-16-19-34-27-13-7-12-26(20-27)29(33,25-10-5-2-6-11-25)28(32)35-22-24-14-17-31(18-15-24)21-23-8-3-1-4-9-23/h1-13,20,24,33H,14-19,21-22,30H2/t29-/m0/s1. The summed E-state index contributed by atoms with van der Waals surface area (Å²) in [5.74, 6) is 0.137. The van der Waals surface area contributed by atoms with Crippen LogP contribution in [0.3, 0.4) is 0 Å². The second-order valence-corrected chi connectivity index (χ2v) is 9.04. The van der Waals surface area contributed by atoms with Gasteiger partial charge in [-0.2, -0.15) is 0 Å². The summed E-state index contributed by atoms with van der Waals surface area (Å²) >= 11 is 0. The van der Waals surface area contributed by atoms with Crippen LogP contribution in [0.25, 0.3) is 0 Å². The number of nitrogens with two attached hydrogens (primary N) is 1. The topological polar surface area (TPSA) is 85.0 Å². The molecule has 1 aliphatic rings. The first-order valence-electron chi connectivity index (χ1n) is 12.2. The Labute approximate surface area is 207 Å². The van der Waals surface area contributed by atoms with E-state index < -0.39 is 11.6 Å². The summed E-state index contributed by atoms with van der Waals surface area (Å²) in [5.41, 5.74) is 5.78. The number of hydrogen-bond acceptors (Lipinski definition) is 6. The summed E-state index contributed by atoms with van der Waals surface area (Å²) in [6.07, 6.45) is 1.90. The molecular formula is C29H34N2O4. The SMILES string of the molecule is NCCOc1cccc([C@](O)(C(=O)OCC2CCN(Cc3ccccc3)CC2)c2ccccc2)c1. The zero-order valence-electron chi connectivity index (χ0n) is 20.0. The van der Waals surface area contributed by atoms with Crippen molar-refractivity contribution in [3.8, 4) is 5.75 Å². The van der Waals surface area contributed by atoms with Crippen molar-refractivity contribution >= 4 is 5.97 Å². The van der Waals surface area contributed by atoms with Crippen molar-refractivity contribution in [2.24, 2.45) is 11.7 Å². The van der Waals surface area contributed by atoms with E-state index in [0.717, 1.165) is 32.5 Å². The van der Waals surface area contributed by atoms with Crippen LogP contribution in [0.15, 0.2) is 84.9 Å². The van der Waals surface area contributed by atoms with Gasteiger partial charge in [0.15, 0.2) is 0 Å². The van der Waals surface area contributed by atoms with E-state index in [-0.39, 0.29) is 12.5 Å². The number of piperidine rings is 1. The zero-order chi connectivity index (χ0) is 24.5. The van der Waals surface area contributed by atoms with E-state index in [1.807, 2.05) is 12.1 Å². The predicted molar refractivity (Wildman–Crippen MR) is 136 cm³/mol. The summed E-state index contributed by atoms with van der Waals surface area (Å²) in [5, 5.41) is 11.7. The maximum Gasteiger partial charge on any atom is 0.347 e. The first-order chi connectivity index (χ1) is 17.1. The van der Waals surface area contributed by atoms with Gasteiger partial charge in [0.1, 0.15) is 12.4 Å². The van der Waals surface area contributed by atoms with E-state index in [1.54, 1.807) is 48.5 Å². The molecule has 0 bridgehead atoms. The third-order valence-corrected chi connectivity index (χ3v) is 6.53. The van der Waals surface area contributed by atoms with Crippen molar-refractivity contribution in [1.29, 1.82) is 0 Å². The number of aliphatic hydroxyl groups is 1. The van der Waals surface area contributed by atoms with E-state index in [2.05, 4.69) is 29.2 Å². The Bertz CT molecular complexity index is 1070. The second kappa shape index (κ2) is 12.0. The maximum atomic E-state index is 13.4. The van der Waals surface area contributed by atoms with Crippen LogP contribution in [0, 0.1) is 5.92 Å². The van der Waals surface area contributed by atoms with Gasteiger partial charge in [-0.1, -0.05) is 72.8 Å². The molecule has 1 saturated heterocycles. The van der Waals surface area contributed by atoms with Crippen molar-refractivity contribution in [3.63, 3.8) is 0 Å². The minimum absolute atomic E-state index is 0.269. The molecule has 0 radical (unpaired) electrons. The van der Waals surface area contributed by atoms with Gasteiger partial charge in [-0.3, -0.25) is 4.90 Å². The van der Waals surface area contributed by atoms with Crippen molar-refractivity contribution < 1.29 is 19.4 Å². The van der Waals surface area contributed by atoms with Crippen LogP contribution in [0.1, 0.15) is 29.5 Å². The van der Waals surface area contributed by atoms with Crippen LogP contribution < -0.4 is 10.5 Å². The largest absolute Gasteiger partial charge is 0.492 e. The van der Waals surface area contributed by atoms with Crippen LogP contribution in [0.2, 0.25) is 0 Å². The van der Waals surface area contributed by atoms with E-state index >= 15 is 0 Å². The minimum atomic E-state index is -1.93. The highest BCUT2D eigenvalue weighted by Crippen LogP contribution is 2.33. The molecule has 6 nitrogen and oxygen atoms in total. The number of esters is 1. The Balaban J connectivity index is 1.41. The molecule has 3 N–H and O–H groups in total. The number of ether oxygens (including phenoxy) is 2. The van der Waals surface area contributed by atoms with Gasteiger partial charge in [-0.05, 0) is 55.1 Å². The molecule has 6 heteroatoms. The number of rotatable bonds is 10. The highest BCUT2D eigenvalue weighted by molar-refractivity contribution is 5.85. The van der Waals surface area contributed by atoms with E-state index in [1.165, 1.54) is 5.56 Å². The Kier molecular flexibility index (Phi) is 8.53. The lowest BCUT2D eigenvalue weighted by Gasteiger charge is -2.33. The van der Waals surface area contributed by atoms with Crippen molar-refractivity contribution in [1.82, 2.24) is 4.90 Å². The summed E-state index contributed by atoms with van der Waals surface area (Å²) in [4.78, 5) is 15.8.